The number of halogens is 1. The molecule has 0 unspecified atom stereocenters. The van der Waals surface area contributed by atoms with E-state index in [2.05, 4.69) is 13.8 Å². The zero-order valence-electron chi connectivity index (χ0n) is 22.8. The highest BCUT2D eigenvalue weighted by Crippen LogP contribution is 2.61. The largest absolute Gasteiger partial charge is 0.352 e. The maximum Gasteiger partial charge on any atom is 0.185 e. The Bertz CT molecular complexity index is 1720. The molecule has 3 atom stereocenters. The molecule has 202 valence electrons. The Morgan fingerprint density at radius 1 is 0.829 bits per heavy atom. The normalized spacial score (nSPS) is 21.8. The standard InChI is InChI=1S/C36H28FNO3/c1-21(2)22-12-14-23(15-13-22)31-32(33(39)24-8-4-3-5-9-24)38-29-18-17-26(37)20-25(29)16-19-30(38)36(31)34(40)27-10-6-7-11-28(27)35(36)41/h3-21,30-32H,1-2H3/t30-,31+,32-/m1/s1. The van der Waals surface area contributed by atoms with E-state index in [1.807, 2.05) is 53.4 Å². The Labute approximate surface area is 238 Å². The molecule has 1 spiro atoms. The number of fused-ring (bicyclic) bond motifs is 5. The summed E-state index contributed by atoms with van der Waals surface area (Å²) in [6.45, 7) is 4.21. The zero-order valence-corrected chi connectivity index (χ0v) is 22.8. The zero-order chi connectivity index (χ0) is 28.5. The highest BCUT2D eigenvalue weighted by Gasteiger charge is 2.71. The van der Waals surface area contributed by atoms with Crippen molar-refractivity contribution in [2.24, 2.45) is 5.41 Å². The monoisotopic (exact) mass is 541 g/mol. The van der Waals surface area contributed by atoms with E-state index in [9.17, 15) is 18.8 Å². The number of benzene rings is 4. The van der Waals surface area contributed by atoms with Crippen LogP contribution in [0.2, 0.25) is 0 Å². The number of hydrogen-bond acceptors (Lipinski definition) is 4. The Morgan fingerprint density at radius 2 is 1.46 bits per heavy atom. The van der Waals surface area contributed by atoms with E-state index in [1.54, 1.807) is 48.5 Å². The summed E-state index contributed by atoms with van der Waals surface area (Å²) in [6, 6.07) is 26.7. The molecule has 2 aliphatic heterocycles. The van der Waals surface area contributed by atoms with Gasteiger partial charge in [0.25, 0.3) is 0 Å². The fourth-order valence-corrected chi connectivity index (χ4v) is 7.18. The fraction of sp³-hybridized carbons (Fsp3) is 0.194. The van der Waals surface area contributed by atoms with Crippen LogP contribution in [0.5, 0.6) is 0 Å². The van der Waals surface area contributed by atoms with Gasteiger partial charge in [0.2, 0.25) is 0 Å². The maximum absolute atomic E-state index is 14.7. The van der Waals surface area contributed by atoms with Crippen LogP contribution in [-0.2, 0) is 0 Å². The molecule has 4 aromatic carbocycles. The van der Waals surface area contributed by atoms with Crippen molar-refractivity contribution in [2.75, 3.05) is 4.90 Å². The van der Waals surface area contributed by atoms with Crippen LogP contribution in [0, 0.1) is 11.2 Å². The summed E-state index contributed by atoms with van der Waals surface area (Å²) in [5.74, 6) is -1.62. The molecule has 0 bridgehead atoms. The topological polar surface area (TPSA) is 54.5 Å². The van der Waals surface area contributed by atoms with Crippen molar-refractivity contribution in [3.8, 4) is 0 Å². The molecule has 2 heterocycles. The van der Waals surface area contributed by atoms with E-state index in [0.717, 1.165) is 11.1 Å². The van der Waals surface area contributed by atoms with Crippen LogP contribution < -0.4 is 4.90 Å². The molecular formula is C36H28FNO3. The number of carbonyl (C=O) groups excluding carboxylic acids is 3. The van der Waals surface area contributed by atoms with Crippen molar-refractivity contribution in [3.05, 3.63) is 142 Å². The van der Waals surface area contributed by atoms with Gasteiger partial charge >= 0.3 is 0 Å². The first-order chi connectivity index (χ1) is 19.8. The first-order valence-electron chi connectivity index (χ1n) is 14.0. The average molecular weight is 542 g/mol. The Balaban J connectivity index is 1.54. The van der Waals surface area contributed by atoms with Crippen molar-refractivity contribution >= 4 is 29.1 Å². The third-order valence-electron chi connectivity index (χ3n) is 9.05. The second kappa shape index (κ2) is 9.20. The fourth-order valence-electron chi connectivity index (χ4n) is 7.18. The number of nitrogens with zero attached hydrogens (tertiary/aromatic N) is 1. The first-order valence-corrected chi connectivity index (χ1v) is 14.0. The van der Waals surface area contributed by atoms with Gasteiger partial charge in [-0.05, 0) is 35.2 Å². The van der Waals surface area contributed by atoms with Crippen molar-refractivity contribution in [3.63, 3.8) is 0 Å². The molecule has 1 aliphatic carbocycles. The van der Waals surface area contributed by atoms with Crippen LogP contribution in [0.1, 0.15) is 73.4 Å². The third kappa shape index (κ3) is 3.48. The molecule has 5 heteroatoms. The van der Waals surface area contributed by atoms with Gasteiger partial charge in [-0.15, -0.1) is 0 Å². The van der Waals surface area contributed by atoms with Gasteiger partial charge in [0.05, 0.1) is 6.04 Å². The summed E-state index contributed by atoms with van der Waals surface area (Å²) >= 11 is 0. The molecule has 4 aromatic rings. The predicted molar refractivity (Wildman–Crippen MR) is 157 cm³/mol. The van der Waals surface area contributed by atoms with Gasteiger partial charge in [0.15, 0.2) is 17.3 Å². The lowest BCUT2D eigenvalue weighted by Crippen LogP contribution is -2.48. The van der Waals surface area contributed by atoms with Gasteiger partial charge in [0.1, 0.15) is 17.3 Å². The minimum atomic E-state index is -1.57. The highest BCUT2D eigenvalue weighted by molar-refractivity contribution is 6.32. The smallest absolute Gasteiger partial charge is 0.185 e. The van der Waals surface area contributed by atoms with E-state index >= 15 is 0 Å². The van der Waals surface area contributed by atoms with Crippen LogP contribution in [-0.4, -0.2) is 29.4 Å². The SMILES string of the molecule is CC(C)c1ccc([C@H]2[C@H](C(=O)c3ccccc3)N3c4ccc(F)cc4C=C[C@@H]3C23C(=O)c2ccccc2C3=O)cc1. The second-order valence-electron chi connectivity index (χ2n) is 11.5. The van der Waals surface area contributed by atoms with Crippen molar-refractivity contribution in [1.29, 1.82) is 0 Å². The molecule has 1 fully saturated rings. The lowest BCUT2D eigenvalue weighted by molar-refractivity contribution is 0.0666. The highest BCUT2D eigenvalue weighted by atomic mass is 19.1. The number of carbonyl (C=O) groups is 3. The number of hydrogen-bond donors (Lipinski definition) is 0. The Hall–Kier alpha value is -4.64. The van der Waals surface area contributed by atoms with E-state index in [1.165, 1.54) is 12.1 Å². The Morgan fingerprint density at radius 3 is 2.10 bits per heavy atom. The molecule has 3 aliphatic rings. The first kappa shape index (κ1) is 25.3. The molecule has 0 saturated carbocycles. The number of rotatable bonds is 4. The van der Waals surface area contributed by atoms with Crippen LogP contribution in [0.15, 0.2) is 103 Å². The van der Waals surface area contributed by atoms with Crippen LogP contribution in [0.4, 0.5) is 10.1 Å². The lowest BCUT2D eigenvalue weighted by atomic mass is 9.64. The number of Topliss-reactive ketones (excluding diaryl/α,β-unsaturated/α-hetero) is 3. The summed E-state index contributed by atoms with van der Waals surface area (Å²) in [5, 5.41) is 0. The quantitative estimate of drug-likeness (QED) is 0.202. The van der Waals surface area contributed by atoms with Gasteiger partial charge in [-0.25, -0.2) is 4.39 Å². The van der Waals surface area contributed by atoms with Gasteiger partial charge in [-0.2, -0.15) is 0 Å². The molecule has 41 heavy (non-hydrogen) atoms. The van der Waals surface area contributed by atoms with Crippen molar-refractivity contribution in [1.82, 2.24) is 0 Å². The van der Waals surface area contributed by atoms with E-state index in [0.29, 0.717) is 33.9 Å². The third-order valence-corrected chi connectivity index (χ3v) is 9.05. The minimum Gasteiger partial charge on any atom is -0.352 e. The van der Waals surface area contributed by atoms with E-state index < -0.39 is 29.2 Å². The van der Waals surface area contributed by atoms with Crippen molar-refractivity contribution < 1.29 is 18.8 Å². The van der Waals surface area contributed by atoms with Crippen LogP contribution in [0.3, 0.4) is 0 Å². The number of ketones is 3. The van der Waals surface area contributed by atoms with E-state index in [4.69, 9.17) is 0 Å². The van der Waals surface area contributed by atoms with Gasteiger partial charge in [-0.3, -0.25) is 14.4 Å². The Kier molecular flexibility index (Phi) is 5.69. The second-order valence-corrected chi connectivity index (χ2v) is 11.5. The average Bonchev–Trinajstić information content (AvgIpc) is 3.43. The summed E-state index contributed by atoms with van der Waals surface area (Å²) in [6.07, 6.45) is 3.59. The van der Waals surface area contributed by atoms with Crippen LogP contribution >= 0.6 is 0 Å². The molecule has 0 N–H and O–H groups in total. The van der Waals surface area contributed by atoms with Gasteiger partial charge < -0.3 is 4.90 Å². The van der Waals surface area contributed by atoms with Gasteiger partial charge in [0, 0.05) is 33.9 Å². The van der Waals surface area contributed by atoms with E-state index in [-0.39, 0.29) is 17.3 Å². The van der Waals surface area contributed by atoms with Crippen LogP contribution in [0.25, 0.3) is 6.08 Å². The molecule has 0 amide bonds. The van der Waals surface area contributed by atoms with Crippen molar-refractivity contribution in [2.45, 2.75) is 37.8 Å². The molecular weight excluding hydrogens is 513 g/mol. The molecule has 0 aromatic heterocycles. The molecule has 4 nitrogen and oxygen atoms in total. The lowest BCUT2D eigenvalue weighted by Gasteiger charge is -2.37. The summed E-state index contributed by atoms with van der Waals surface area (Å²) in [7, 11) is 0. The summed E-state index contributed by atoms with van der Waals surface area (Å²) < 4.78 is 14.4. The number of anilines is 1. The van der Waals surface area contributed by atoms with Gasteiger partial charge in [-0.1, -0.05) is 105 Å². The molecule has 1 saturated heterocycles. The minimum absolute atomic E-state index is 0.187. The molecule has 7 rings (SSSR count). The molecule has 0 radical (unpaired) electrons. The predicted octanol–water partition coefficient (Wildman–Crippen LogP) is 7.27. The summed E-state index contributed by atoms with van der Waals surface area (Å²) in [5.41, 5.74) is 2.80. The summed E-state index contributed by atoms with van der Waals surface area (Å²) in [4.78, 5) is 45.8. The maximum atomic E-state index is 14.7.